The van der Waals surface area contributed by atoms with Crippen LogP contribution in [0.5, 0.6) is 5.75 Å². The van der Waals surface area contributed by atoms with Crippen LogP contribution in [0.1, 0.15) is 25.1 Å². The minimum absolute atomic E-state index is 0.0803. The fourth-order valence-electron chi connectivity index (χ4n) is 1.85. The number of aromatic amines is 1. The van der Waals surface area contributed by atoms with E-state index in [0.717, 1.165) is 23.4 Å². The van der Waals surface area contributed by atoms with Crippen LogP contribution in [0, 0.1) is 0 Å². The number of hydrogen-bond acceptors (Lipinski definition) is 3. The van der Waals surface area contributed by atoms with Crippen LogP contribution in [0.3, 0.4) is 0 Å². The van der Waals surface area contributed by atoms with Gasteiger partial charge in [0.25, 0.3) is 0 Å². The van der Waals surface area contributed by atoms with Crippen LogP contribution in [0.15, 0.2) is 30.3 Å². The first-order valence-electron chi connectivity index (χ1n) is 6.77. The smallest absolute Gasteiger partial charge is 0.229 e. The molecule has 0 aliphatic rings. The Hall–Kier alpha value is -2.30. The second kappa shape index (κ2) is 6.75. The van der Waals surface area contributed by atoms with Crippen molar-refractivity contribution in [2.24, 2.45) is 0 Å². The minimum atomic E-state index is -0.0803. The van der Waals surface area contributed by atoms with Gasteiger partial charge in [-0.05, 0) is 31.0 Å². The summed E-state index contributed by atoms with van der Waals surface area (Å²) in [4.78, 5) is 11.9. The van der Waals surface area contributed by atoms with E-state index in [1.165, 1.54) is 0 Å². The average Bonchev–Trinajstić information content (AvgIpc) is 2.89. The van der Waals surface area contributed by atoms with Crippen LogP contribution < -0.4 is 10.1 Å². The molecule has 2 N–H and O–H groups in total. The molecule has 5 heteroatoms. The number of aromatic nitrogens is 2. The van der Waals surface area contributed by atoms with E-state index in [2.05, 4.69) is 15.5 Å². The molecule has 2 aromatic rings. The number of H-pyrrole nitrogens is 1. The van der Waals surface area contributed by atoms with Gasteiger partial charge in [-0.1, -0.05) is 19.1 Å². The molecule has 0 aliphatic carbocycles. The summed E-state index contributed by atoms with van der Waals surface area (Å²) in [7, 11) is 0. The lowest BCUT2D eigenvalue weighted by Gasteiger charge is -2.05. The van der Waals surface area contributed by atoms with Gasteiger partial charge in [0.2, 0.25) is 5.91 Å². The van der Waals surface area contributed by atoms with E-state index in [9.17, 15) is 4.79 Å². The molecule has 1 amide bonds. The van der Waals surface area contributed by atoms with Gasteiger partial charge in [-0.25, -0.2) is 0 Å². The predicted octanol–water partition coefficient (Wildman–Crippen LogP) is 2.55. The molecule has 20 heavy (non-hydrogen) atoms. The molecule has 0 bridgehead atoms. The molecule has 1 aromatic heterocycles. The van der Waals surface area contributed by atoms with Crippen LogP contribution >= 0.6 is 0 Å². The maximum absolute atomic E-state index is 11.9. The largest absolute Gasteiger partial charge is 0.494 e. The third kappa shape index (κ3) is 3.85. The van der Waals surface area contributed by atoms with Crippen LogP contribution in [-0.2, 0) is 17.6 Å². The maximum Gasteiger partial charge on any atom is 0.229 e. The molecule has 0 aliphatic heterocycles. The highest BCUT2D eigenvalue weighted by Crippen LogP contribution is 2.13. The van der Waals surface area contributed by atoms with Crippen LogP contribution in [0.25, 0.3) is 0 Å². The first-order valence-corrected chi connectivity index (χ1v) is 6.77. The second-order valence-corrected chi connectivity index (χ2v) is 4.43. The van der Waals surface area contributed by atoms with Crippen molar-refractivity contribution in [3.8, 4) is 5.75 Å². The molecule has 0 spiro atoms. The number of nitrogens with zero attached hydrogens (tertiary/aromatic N) is 1. The number of rotatable bonds is 6. The van der Waals surface area contributed by atoms with Crippen molar-refractivity contribution in [3.63, 3.8) is 0 Å². The number of carbonyl (C=O) groups is 1. The Morgan fingerprint density at radius 1 is 1.30 bits per heavy atom. The molecule has 5 nitrogen and oxygen atoms in total. The second-order valence-electron chi connectivity index (χ2n) is 4.43. The third-order valence-corrected chi connectivity index (χ3v) is 2.88. The molecule has 0 radical (unpaired) electrons. The Kier molecular flexibility index (Phi) is 4.76. The zero-order valence-corrected chi connectivity index (χ0v) is 11.8. The number of hydrogen-bond donors (Lipinski definition) is 2. The summed E-state index contributed by atoms with van der Waals surface area (Å²) in [6, 6.07) is 9.38. The highest BCUT2D eigenvalue weighted by molar-refractivity contribution is 5.91. The lowest BCUT2D eigenvalue weighted by atomic mass is 10.1. The van der Waals surface area contributed by atoms with Crippen molar-refractivity contribution in [1.82, 2.24) is 10.2 Å². The number of anilines is 1. The summed E-state index contributed by atoms with van der Waals surface area (Å²) >= 11 is 0. The zero-order chi connectivity index (χ0) is 14.4. The van der Waals surface area contributed by atoms with Crippen molar-refractivity contribution < 1.29 is 9.53 Å². The number of carbonyl (C=O) groups excluding carboxylic acids is 1. The van der Waals surface area contributed by atoms with E-state index in [0.29, 0.717) is 18.8 Å². The summed E-state index contributed by atoms with van der Waals surface area (Å²) in [6.07, 6.45) is 1.18. The highest BCUT2D eigenvalue weighted by atomic mass is 16.5. The Morgan fingerprint density at radius 2 is 2.05 bits per heavy atom. The lowest BCUT2D eigenvalue weighted by Crippen LogP contribution is -2.14. The van der Waals surface area contributed by atoms with Gasteiger partial charge in [0.05, 0.1) is 13.0 Å². The number of ether oxygens (including phenoxy) is 1. The predicted molar refractivity (Wildman–Crippen MR) is 77.9 cm³/mol. The molecule has 0 saturated heterocycles. The van der Waals surface area contributed by atoms with Crippen LogP contribution in [0.2, 0.25) is 0 Å². The summed E-state index contributed by atoms with van der Waals surface area (Å²) in [5.74, 6) is 1.30. The number of benzene rings is 1. The Morgan fingerprint density at radius 3 is 2.65 bits per heavy atom. The monoisotopic (exact) mass is 273 g/mol. The van der Waals surface area contributed by atoms with Gasteiger partial charge in [-0.3, -0.25) is 9.89 Å². The van der Waals surface area contributed by atoms with Crippen LogP contribution in [0.4, 0.5) is 5.82 Å². The fraction of sp³-hybridized carbons (Fsp3) is 0.333. The van der Waals surface area contributed by atoms with E-state index in [1.807, 2.05) is 44.2 Å². The Bertz CT molecular complexity index is 561. The molecular weight excluding hydrogens is 254 g/mol. The fourth-order valence-corrected chi connectivity index (χ4v) is 1.85. The van der Waals surface area contributed by atoms with Gasteiger partial charge in [0.15, 0.2) is 5.82 Å². The van der Waals surface area contributed by atoms with Gasteiger partial charge in [0, 0.05) is 11.8 Å². The third-order valence-electron chi connectivity index (χ3n) is 2.88. The van der Waals surface area contributed by atoms with Crippen molar-refractivity contribution >= 4 is 11.7 Å². The first-order chi connectivity index (χ1) is 9.71. The van der Waals surface area contributed by atoms with Gasteiger partial charge in [-0.15, -0.1) is 0 Å². The summed E-state index contributed by atoms with van der Waals surface area (Å²) in [5, 5.41) is 9.67. The maximum atomic E-state index is 11.9. The Labute approximate surface area is 118 Å². The first kappa shape index (κ1) is 14.1. The van der Waals surface area contributed by atoms with Crippen molar-refractivity contribution in [2.45, 2.75) is 26.7 Å². The SMILES string of the molecule is CCOc1ccc(CC(=O)Nc2cc(CC)[nH]n2)cc1. The van der Waals surface area contributed by atoms with Gasteiger partial charge in [-0.2, -0.15) is 5.10 Å². The van der Waals surface area contributed by atoms with Gasteiger partial charge in [0.1, 0.15) is 5.75 Å². The molecule has 0 atom stereocenters. The van der Waals surface area contributed by atoms with Gasteiger partial charge >= 0.3 is 0 Å². The summed E-state index contributed by atoms with van der Waals surface area (Å²) in [5.41, 5.74) is 1.94. The minimum Gasteiger partial charge on any atom is -0.494 e. The summed E-state index contributed by atoms with van der Waals surface area (Å²) in [6.45, 7) is 4.60. The highest BCUT2D eigenvalue weighted by Gasteiger charge is 2.07. The van der Waals surface area contributed by atoms with E-state index in [1.54, 1.807) is 0 Å². The van der Waals surface area contributed by atoms with E-state index in [4.69, 9.17) is 4.74 Å². The Balaban J connectivity index is 1.90. The molecule has 0 fully saturated rings. The topological polar surface area (TPSA) is 67.0 Å². The zero-order valence-electron chi connectivity index (χ0n) is 11.8. The molecule has 106 valence electrons. The van der Waals surface area contributed by atoms with Gasteiger partial charge < -0.3 is 10.1 Å². The lowest BCUT2D eigenvalue weighted by molar-refractivity contribution is -0.115. The van der Waals surface area contributed by atoms with E-state index in [-0.39, 0.29) is 5.91 Å². The van der Waals surface area contributed by atoms with E-state index >= 15 is 0 Å². The molecular formula is C15H19N3O2. The number of nitrogens with one attached hydrogen (secondary N) is 2. The van der Waals surface area contributed by atoms with Crippen molar-refractivity contribution in [3.05, 3.63) is 41.6 Å². The van der Waals surface area contributed by atoms with Crippen molar-refractivity contribution in [2.75, 3.05) is 11.9 Å². The quantitative estimate of drug-likeness (QED) is 0.850. The molecule has 2 rings (SSSR count). The normalized spacial score (nSPS) is 10.3. The van der Waals surface area contributed by atoms with Crippen molar-refractivity contribution in [1.29, 1.82) is 0 Å². The number of amides is 1. The summed E-state index contributed by atoms with van der Waals surface area (Å²) < 4.78 is 5.36. The molecule has 0 unspecified atom stereocenters. The standard InChI is InChI=1S/C15H19N3O2/c1-3-12-10-14(18-17-12)16-15(19)9-11-5-7-13(8-6-11)20-4-2/h5-8,10H,3-4,9H2,1-2H3,(H2,16,17,18,19). The molecule has 0 saturated carbocycles. The molecule has 1 aromatic carbocycles. The van der Waals surface area contributed by atoms with E-state index < -0.39 is 0 Å². The van der Waals surface area contributed by atoms with Crippen LogP contribution in [-0.4, -0.2) is 22.7 Å². The molecule has 1 heterocycles. The average molecular weight is 273 g/mol. The number of aryl methyl sites for hydroxylation is 1.